The Morgan fingerprint density at radius 3 is 2.56 bits per heavy atom. The Labute approximate surface area is 106 Å². The van der Waals surface area contributed by atoms with Gasteiger partial charge in [-0.2, -0.15) is 0 Å². The molecular formula is C10H9N3O4S. The predicted molar refractivity (Wildman–Crippen MR) is 64.2 cm³/mol. The van der Waals surface area contributed by atoms with Crippen LogP contribution in [0.1, 0.15) is 18.2 Å². The average Bonchev–Trinajstić information content (AvgIpc) is 2.57. The van der Waals surface area contributed by atoms with E-state index < -0.39 is 12.0 Å². The van der Waals surface area contributed by atoms with Crippen LogP contribution in [0.3, 0.4) is 0 Å². The lowest BCUT2D eigenvalue weighted by molar-refractivity contribution is -0.116. The Bertz CT molecular complexity index is 670. The molecule has 1 aromatic heterocycles. The number of rotatable bonds is 2. The fourth-order valence-corrected chi connectivity index (χ4v) is 1.76. The van der Waals surface area contributed by atoms with Crippen LogP contribution in [0, 0.1) is 4.77 Å². The number of hydrogen-bond acceptors (Lipinski definition) is 5. The molecule has 1 fully saturated rings. The summed E-state index contributed by atoms with van der Waals surface area (Å²) in [6, 6.07) is 0. The molecule has 0 bridgehead atoms. The minimum atomic E-state index is -0.840. The maximum Gasteiger partial charge on any atom is 0.419 e. The maximum atomic E-state index is 11.6. The van der Waals surface area contributed by atoms with Gasteiger partial charge in [-0.1, -0.05) is 6.92 Å². The largest absolute Gasteiger partial charge is 0.419 e. The summed E-state index contributed by atoms with van der Waals surface area (Å²) in [7, 11) is 0. The molecule has 0 unspecified atom stereocenters. The zero-order valence-electron chi connectivity index (χ0n) is 9.33. The van der Waals surface area contributed by atoms with Crippen LogP contribution in [-0.4, -0.2) is 22.0 Å². The molecular weight excluding hydrogens is 258 g/mol. The van der Waals surface area contributed by atoms with Gasteiger partial charge < -0.3 is 9.72 Å². The number of alkyl carbamates (subject to hydrolysis) is 1. The Morgan fingerprint density at radius 2 is 2.00 bits per heavy atom. The molecule has 1 aliphatic heterocycles. The number of H-pyrrole nitrogens is 2. The van der Waals surface area contributed by atoms with Crippen molar-refractivity contribution in [2.45, 2.75) is 13.3 Å². The third kappa shape index (κ3) is 2.23. The molecule has 7 nitrogen and oxygen atoms in total. The minimum absolute atomic E-state index is 0.133. The summed E-state index contributed by atoms with van der Waals surface area (Å²) in [6.07, 6.45) is 0.882. The van der Waals surface area contributed by atoms with E-state index in [0.29, 0.717) is 17.7 Å². The molecule has 0 aromatic carbocycles. The first kappa shape index (κ1) is 12.2. The first-order chi connectivity index (χ1) is 8.51. The number of carbonyl (C=O) groups is 2. The van der Waals surface area contributed by atoms with Crippen molar-refractivity contribution in [1.82, 2.24) is 15.3 Å². The van der Waals surface area contributed by atoms with E-state index >= 15 is 0 Å². The van der Waals surface area contributed by atoms with Gasteiger partial charge in [0.15, 0.2) is 10.5 Å². The zero-order chi connectivity index (χ0) is 13.3. The summed E-state index contributed by atoms with van der Waals surface area (Å²) in [5.41, 5.74) is 0.441. The Kier molecular flexibility index (Phi) is 3.11. The van der Waals surface area contributed by atoms with Gasteiger partial charge in [-0.15, -0.1) is 0 Å². The molecule has 1 aromatic rings. The number of hydrogen-bond donors (Lipinski definition) is 3. The van der Waals surface area contributed by atoms with E-state index in [1.807, 2.05) is 5.32 Å². The molecule has 8 heteroatoms. The summed E-state index contributed by atoms with van der Waals surface area (Å²) in [5, 5.41) is 1.96. The highest BCUT2D eigenvalue weighted by Crippen LogP contribution is 2.12. The Balaban J connectivity index is 2.56. The number of imide groups is 1. The van der Waals surface area contributed by atoms with E-state index in [9.17, 15) is 14.4 Å². The highest BCUT2D eigenvalue weighted by molar-refractivity contribution is 7.71. The normalized spacial score (nSPS) is 16.8. The second kappa shape index (κ2) is 4.57. The molecule has 0 radical (unpaired) electrons. The second-order valence-electron chi connectivity index (χ2n) is 3.51. The van der Waals surface area contributed by atoms with Gasteiger partial charge in [-0.25, -0.2) is 4.79 Å². The van der Waals surface area contributed by atoms with Crippen molar-refractivity contribution in [3.05, 3.63) is 32.1 Å². The second-order valence-corrected chi connectivity index (χ2v) is 3.91. The van der Waals surface area contributed by atoms with E-state index in [-0.39, 0.29) is 16.1 Å². The van der Waals surface area contributed by atoms with Crippen LogP contribution >= 0.6 is 12.2 Å². The molecule has 2 rings (SSSR count). The Hall–Kier alpha value is -2.22. The van der Waals surface area contributed by atoms with Gasteiger partial charge in [-0.05, 0) is 18.6 Å². The van der Waals surface area contributed by atoms with Crippen LogP contribution in [0.2, 0.25) is 0 Å². The van der Waals surface area contributed by atoms with Crippen LogP contribution < -0.4 is 10.9 Å². The summed E-state index contributed by atoms with van der Waals surface area (Å²) in [4.78, 5) is 39.0. The van der Waals surface area contributed by atoms with E-state index in [1.165, 1.54) is 6.08 Å². The fourth-order valence-electron chi connectivity index (χ4n) is 1.56. The lowest BCUT2D eigenvalue weighted by atomic mass is 10.1. The van der Waals surface area contributed by atoms with Crippen molar-refractivity contribution in [2.24, 2.45) is 0 Å². The number of amides is 2. The van der Waals surface area contributed by atoms with Gasteiger partial charge in [-0.3, -0.25) is 19.9 Å². The molecule has 94 valence electrons. The number of aromatic amines is 2. The van der Waals surface area contributed by atoms with Crippen LogP contribution in [-0.2, 0) is 16.0 Å². The number of carbonyl (C=O) groups excluding carboxylic acids is 2. The van der Waals surface area contributed by atoms with E-state index in [0.717, 1.165) is 0 Å². The molecule has 0 aliphatic carbocycles. The molecule has 3 N–H and O–H groups in total. The monoisotopic (exact) mass is 267 g/mol. The standard InChI is InChI=1S/C10H9N3O4S/c1-2-4-5(11-9(18)12-7(4)14)3-6-8(15)13-10(16)17-6/h3H,2H2,1H3,(H,13,15,16)(H2,11,12,14,18). The van der Waals surface area contributed by atoms with Crippen LogP contribution in [0.4, 0.5) is 4.79 Å². The number of nitrogens with one attached hydrogen (secondary N) is 3. The quantitative estimate of drug-likeness (QED) is 0.537. The highest BCUT2D eigenvalue weighted by atomic mass is 32.1. The first-order valence-electron chi connectivity index (χ1n) is 5.11. The number of aromatic nitrogens is 2. The number of ether oxygens (including phenoxy) is 1. The average molecular weight is 267 g/mol. The molecule has 2 amide bonds. The lowest BCUT2D eigenvalue weighted by Crippen LogP contribution is -2.19. The summed E-state index contributed by atoms with van der Waals surface area (Å²) in [6.45, 7) is 1.78. The third-order valence-corrected chi connectivity index (χ3v) is 2.55. The van der Waals surface area contributed by atoms with E-state index in [4.69, 9.17) is 12.2 Å². The van der Waals surface area contributed by atoms with Crippen molar-refractivity contribution in [1.29, 1.82) is 0 Å². The molecule has 0 saturated carbocycles. The zero-order valence-corrected chi connectivity index (χ0v) is 10.1. The third-order valence-electron chi connectivity index (χ3n) is 2.35. The lowest BCUT2D eigenvalue weighted by Gasteiger charge is -2.02. The van der Waals surface area contributed by atoms with Crippen molar-refractivity contribution in [3.8, 4) is 0 Å². The van der Waals surface area contributed by atoms with Crippen molar-refractivity contribution >= 4 is 30.3 Å². The molecule has 0 atom stereocenters. The van der Waals surface area contributed by atoms with Crippen molar-refractivity contribution in [2.75, 3.05) is 0 Å². The maximum absolute atomic E-state index is 11.6. The number of cyclic esters (lactones) is 1. The molecule has 1 saturated heterocycles. The van der Waals surface area contributed by atoms with Gasteiger partial charge in [0.2, 0.25) is 0 Å². The van der Waals surface area contributed by atoms with Gasteiger partial charge in [0, 0.05) is 11.6 Å². The highest BCUT2D eigenvalue weighted by Gasteiger charge is 2.26. The topological polar surface area (TPSA) is 104 Å². The smallest absolute Gasteiger partial charge is 0.404 e. The molecule has 0 spiro atoms. The molecule has 1 aliphatic rings. The van der Waals surface area contributed by atoms with Gasteiger partial charge in [0.1, 0.15) is 0 Å². The van der Waals surface area contributed by atoms with E-state index in [1.54, 1.807) is 6.92 Å². The van der Waals surface area contributed by atoms with Gasteiger partial charge >= 0.3 is 6.09 Å². The van der Waals surface area contributed by atoms with Crippen molar-refractivity contribution < 1.29 is 14.3 Å². The van der Waals surface area contributed by atoms with Gasteiger partial charge in [0.25, 0.3) is 11.5 Å². The SMILES string of the molecule is CCc1c(C=C2OC(=O)NC2=O)[nH]c(=S)[nH]c1=O. The minimum Gasteiger partial charge on any atom is -0.404 e. The van der Waals surface area contributed by atoms with Gasteiger partial charge in [0.05, 0.1) is 5.69 Å². The van der Waals surface area contributed by atoms with Crippen LogP contribution in [0.15, 0.2) is 10.6 Å². The summed E-state index contributed by atoms with van der Waals surface area (Å²) < 4.78 is 4.79. The van der Waals surface area contributed by atoms with E-state index in [2.05, 4.69) is 14.7 Å². The van der Waals surface area contributed by atoms with Crippen LogP contribution in [0.25, 0.3) is 6.08 Å². The molecule has 18 heavy (non-hydrogen) atoms. The predicted octanol–water partition coefficient (Wildman–Crippen LogP) is 0.602. The Morgan fingerprint density at radius 1 is 1.28 bits per heavy atom. The van der Waals surface area contributed by atoms with Crippen molar-refractivity contribution in [3.63, 3.8) is 0 Å². The summed E-state index contributed by atoms with van der Waals surface area (Å²) in [5.74, 6) is -0.826. The molecule has 2 heterocycles. The fraction of sp³-hybridized carbons (Fsp3) is 0.200. The first-order valence-corrected chi connectivity index (χ1v) is 5.52. The summed E-state index contributed by atoms with van der Waals surface area (Å²) >= 11 is 4.84. The van der Waals surface area contributed by atoms with Crippen LogP contribution in [0.5, 0.6) is 0 Å².